The highest BCUT2D eigenvalue weighted by molar-refractivity contribution is 5.78. The fourth-order valence-corrected chi connectivity index (χ4v) is 3.67. The van der Waals surface area contributed by atoms with E-state index in [2.05, 4.69) is 46.8 Å². The predicted molar refractivity (Wildman–Crippen MR) is 80.4 cm³/mol. The maximum atomic E-state index is 6.19. The number of rotatable bonds is 1. The van der Waals surface area contributed by atoms with Crippen molar-refractivity contribution in [3.8, 4) is 0 Å². The standard InChI is InChI=1S/C17H25N/c1-12-7-6-8-14(18)15(12)13-9-16(2,3)11-17(4,5)10-13/h6-9H,10-11,18H2,1-5H3. The average Bonchev–Trinajstić information content (AvgIpc) is 2.11. The summed E-state index contributed by atoms with van der Waals surface area (Å²) in [5, 5.41) is 0. The van der Waals surface area contributed by atoms with Crippen LogP contribution in [0, 0.1) is 17.8 Å². The van der Waals surface area contributed by atoms with E-state index in [0.29, 0.717) is 5.41 Å². The van der Waals surface area contributed by atoms with Gasteiger partial charge in [-0.2, -0.15) is 0 Å². The molecule has 18 heavy (non-hydrogen) atoms. The van der Waals surface area contributed by atoms with Gasteiger partial charge >= 0.3 is 0 Å². The van der Waals surface area contributed by atoms with Gasteiger partial charge in [-0.3, -0.25) is 0 Å². The lowest BCUT2D eigenvalue weighted by atomic mass is 9.65. The molecule has 0 atom stereocenters. The molecule has 98 valence electrons. The summed E-state index contributed by atoms with van der Waals surface area (Å²) in [5.41, 5.74) is 11.7. The first kappa shape index (κ1) is 13.2. The molecule has 0 unspecified atom stereocenters. The van der Waals surface area contributed by atoms with Gasteiger partial charge in [0.05, 0.1) is 0 Å². The molecule has 0 aliphatic heterocycles. The molecule has 0 radical (unpaired) electrons. The number of allylic oxidation sites excluding steroid dienone is 2. The molecule has 0 spiro atoms. The molecule has 0 fully saturated rings. The van der Waals surface area contributed by atoms with Crippen LogP contribution < -0.4 is 5.73 Å². The van der Waals surface area contributed by atoms with E-state index in [1.807, 2.05) is 12.1 Å². The molecule has 0 heterocycles. The summed E-state index contributed by atoms with van der Waals surface area (Å²) in [6.45, 7) is 11.5. The van der Waals surface area contributed by atoms with Gasteiger partial charge in [0, 0.05) is 11.3 Å². The lowest BCUT2D eigenvalue weighted by molar-refractivity contribution is 0.229. The van der Waals surface area contributed by atoms with E-state index in [4.69, 9.17) is 5.73 Å². The summed E-state index contributed by atoms with van der Waals surface area (Å²) in [6, 6.07) is 6.20. The van der Waals surface area contributed by atoms with Crippen LogP contribution >= 0.6 is 0 Å². The van der Waals surface area contributed by atoms with Crippen molar-refractivity contribution in [3.05, 3.63) is 35.4 Å². The second-order valence-corrected chi connectivity index (χ2v) is 7.22. The molecule has 2 rings (SSSR count). The zero-order valence-electron chi connectivity index (χ0n) is 12.3. The van der Waals surface area contributed by atoms with Gasteiger partial charge < -0.3 is 5.73 Å². The van der Waals surface area contributed by atoms with Gasteiger partial charge in [0.1, 0.15) is 0 Å². The lowest BCUT2D eigenvalue weighted by Crippen LogP contribution is -2.27. The Labute approximate surface area is 111 Å². The van der Waals surface area contributed by atoms with Crippen LogP contribution in [0.1, 0.15) is 51.7 Å². The molecule has 0 aromatic heterocycles. The molecule has 0 saturated carbocycles. The van der Waals surface area contributed by atoms with Crippen molar-refractivity contribution in [2.45, 2.75) is 47.5 Å². The summed E-state index contributed by atoms with van der Waals surface area (Å²) in [4.78, 5) is 0. The molecule has 0 saturated heterocycles. The molecule has 0 amide bonds. The Kier molecular flexibility index (Phi) is 3.04. The smallest absolute Gasteiger partial charge is 0.0393 e. The number of hydrogen-bond donors (Lipinski definition) is 1. The van der Waals surface area contributed by atoms with Gasteiger partial charge in [0.25, 0.3) is 0 Å². The molecule has 1 nitrogen and oxygen atoms in total. The van der Waals surface area contributed by atoms with E-state index in [0.717, 1.165) is 12.1 Å². The molecule has 2 N–H and O–H groups in total. The molecule has 1 aromatic rings. The minimum atomic E-state index is 0.256. The summed E-state index contributed by atoms with van der Waals surface area (Å²) in [5.74, 6) is 0. The molecule has 1 aromatic carbocycles. The SMILES string of the molecule is Cc1cccc(N)c1C1=CC(C)(C)CC(C)(C)C1. The topological polar surface area (TPSA) is 26.0 Å². The van der Waals surface area contributed by atoms with Crippen molar-refractivity contribution in [2.24, 2.45) is 10.8 Å². The molecular weight excluding hydrogens is 218 g/mol. The van der Waals surface area contributed by atoms with Crippen LogP contribution in [0.3, 0.4) is 0 Å². The fraction of sp³-hybridized carbons (Fsp3) is 0.529. The van der Waals surface area contributed by atoms with E-state index in [1.165, 1.54) is 23.1 Å². The van der Waals surface area contributed by atoms with Gasteiger partial charge in [0.2, 0.25) is 0 Å². The number of aryl methyl sites for hydroxylation is 1. The first-order chi connectivity index (χ1) is 8.20. The highest BCUT2D eigenvalue weighted by Gasteiger charge is 2.34. The predicted octanol–water partition coefficient (Wildman–Crippen LogP) is 4.81. The van der Waals surface area contributed by atoms with E-state index in [-0.39, 0.29) is 5.41 Å². The number of nitrogen functional groups attached to an aromatic ring is 1. The third-order valence-corrected chi connectivity index (χ3v) is 3.79. The first-order valence-corrected chi connectivity index (χ1v) is 6.77. The van der Waals surface area contributed by atoms with Gasteiger partial charge in [-0.1, -0.05) is 45.9 Å². The number of benzene rings is 1. The van der Waals surface area contributed by atoms with Crippen LogP contribution in [0.5, 0.6) is 0 Å². The molecule has 0 bridgehead atoms. The summed E-state index contributed by atoms with van der Waals surface area (Å²) >= 11 is 0. The van der Waals surface area contributed by atoms with Gasteiger partial charge in [-0.15, -0.1) is 0 Å². The zero-order valence-corrected chi connectivity index (χ0v) is 12.3. The van der Waals surface area contributed by atoms with E-state index < -0.39 is 0 Å². The van der Waals surface area contributed by atoms with Crippen LogP contribution in [0.2, 0.25) is 0 Å². The second-order valence-electron chi connectivity index (χ2n) is 7.22. The maximum Gasteiger partial charge on any atom is 0.0393 e. The molecule has 1 heteroatoms. The van der Waals surface area contributed by atoms with Crippen LogP contribution in [-0.4, -0.2) is 0 Å². The Balaban J connectivity index is 2.54. The van der Waals surface area contributed by atoms with E-state index >= 15 is 0 Å². The highest BCUT2D eigenvalue weighted by atomic mass is 14.6. The first-order valence-electron chi connectivity index (χ1n) is 6.77. The van der Waals surface area contributed by atoms with Crippen molar-refractivity contribution in [2.75, 3.05) is 5.73 Å². The van der Waals surface area contributed by atoms with E-state index in [1.54, 1.807) is 0 Å². The average molecular weight is 243 g/mol. The quantitative estimate of drug-likeness (QED) is 0.704. The summed E-state index contributed by atoms with van der Waals surface area (Å²) in [7, 11) is 0. The van der Waals surface area contributed by atoms with Crippen LogP contribution in [0.4, 0.5) is 5.69 Å². The van der Waals surface area contributed by atoms with Crippen molar-refractivity contribution in [1.82, 2.24) is 0 Å². The summed E-state index contributed by atoms with van der Waals surface area (Å²) in [6.07, 6.45) is 4.78. The number of anilines is 1. The lowest BCUT2D eigenvalue weighted by Gasteiger charge is -2.40. The van der Waals surface area contributed by atoms with Gasteiger partial charge in [-0.05, 0) is 47.8 Å². The van der Waals surface area contributed by atoms with Crippen LogP contribution in [-0.2, 0) is 0 Å². The van der Waals surface area contributed by atoms with Gasteiger partial charge in [0.15, 0.2) is 0 Å². The van der Waals surface area contributed by atoms with Crippen LogP contribution in [0.25, 0.3) is 5.57 Å². The van der Waals surface area contributed by atoms with Crippen LogP contribution in [0.15, 0.2) is 24.3 Å². The summed E-state index contributed by atoms with van der Waals surface area (Å²) < 4.78 is 0. The zero-order chi connectivity index (χ0) is 13.6. The van der Waals surface area contributed by atoms with E-state index in [9.17, 15) is 0 Å². The Hall–Kier alpha value is -1.24. The van der Waals surface area contributed by atoms with Crippen molar-refractivity contribution in [1.29, 1.82) is 0 Å². The molecule has 1 aliphatic rings. The van der Waals surface area contributed by atoms with Crippen molar-refractivity contribution >= 4 is 11.3 Å². The minimum Gasteiger partial charge on any atom is -0.398 e. The third-order valence-electron chi connectivity index (χ3n) is 3.79. The third kappa shape index (κ3) is 2.60. The number of hydrogen-bond acceptors (Lipinski definition) is 1. The monoisotopic (exact) mass is 243 g/mol. The normalized spacial score (nSPS) is 21.5. The molecular formula is C17H25N. The highest BCUT2D eigenvalue weighted by Crippen LogP contribution is 2.48. The van der Waals surface area contributed by atoms with Gasteiger partial charge in [-0.25, -0.2) is 0 Å². The Morgan fingerprint density at radius 1 is 1.11 bits per heavy atom. The number of nitrogens with two attached hydrogens (primary N) is 1. The maximum absolute atomic E-state index is 6.19. The Morgan fingerprint density at radius 3 is 2.33 bits per heavy atom. The Bertz CT molecular complexity index is 472. The molecule has 1 aliphatic carbocycles. The largest absolute Gasteiger partial charge is 0.398 e. The fourth-order valence-electron chi connectivity index (χ4n) is 3.67. The second kappa shape index (κ2) is 4.15. The van der Waals surface area contributed by atoms with Crippen molar-refractivity contribution < 1.29 is 0 Å². The Morgan fingerprint density at radius 2 is 1.78 bits per heavy atom. The van der Waals surface area contributed by atoms with Crippen molar-refractivity contribution in [3.63, 3.8) is 0 Å². The minimum absolute atomic E-state index is 0.256.